The normalized spacial score (nSPS) is 22.3. The molecule has 1 aliphatic heterocycles. The third-order valence-corrected chi connectivity index (χ3v) is 3.74. The molecule has 1 aromatic carbocycles. The molecule has 1 aromatic rings. The molecular weight excluding hydrogens is 281 g/mol. The fourth-order valence-corrected chi connectivity index (χ4v) is 2.66. The molecule has 0 bridgehead atoms. The van der Waals surface area contributed by atoms with Gasteiger partial charge in [-0.25, -0.2) is 0 Å². The van der Waals surface area contributed by atoms with Crippen LogP contribution in [-0.4, -0.2) is 36.1 Å². The minimum absolute atomic E-state index is 0.0115. The number of hydrogen-bond donors (Lipinski definition) is 1. The van der Waals surface area contributed by atoms with Crippen molar-refractivity contribution in [2.24, 2.45) is 5.92 Å². The molecule has 21 heavy (non-hydrogen) atoms. The minimum Gasteiger partial charge on any atom is -0.329 e. The van der Waals surface area contributed by atoms with Crippen molar-refractivity contribution in [2.45, 2.75) is 32.1 Å². The van der Waals surface area contributed by atoms with Gasteiger partial charge in [-0.1, -0.05) is 30.3 Å². The Balaban J connectivity index is 2.13. The third-order valence-electron chi connectivity index (χ3n) is 3.74. The molecule has 2 rings (SSSR count). The lowest BCUT2D eigenvalue weighted by molar-refractivity contribution is -0.165. The van der Waals surface area contributed by atoms with Crippen LogP contribution in [0.1, 0.15) is 18.9 Å². The molecule has 1 aliphatic rings. The molecule has 0 aliphatic carbocycles. The zero-order chi connectivity index (χ0) is 15.5. The first-order valence-electron chi connectivity index (χ1n) is 6.99. The third kappa shape index (κ3) is 4.46. The summed E-state index contributed by atoms with van der Waals surface area (Å²) in [6.07, 6.45) is -3.80. The molecule has 2 unspecified atom stereocenters. The molecule has 0 radical (unpaired) electrons. The van der Waals surface area contributed by atoms with Crippen molar-refractivity contribution >= 4 is 5.91 Å². The van der Waals surface area contributed by atoms with E-state index >= 15 is 0 Å². The quantitative estimate of drug-likeness (QED) is 0.927. The summed E-state index contributed by atoms with van der Waals surface area (Å²) in [5, 5.41) is 3.10. The summed E-state index contributed by atoms with van der Waals surface area (Å²) in [6.45, 7) is 1.29. The summed E-state index contributed by atoms with van der Waals surface area (Å²) in [5.41, 5.74) is 0.703. The van der Waals surface area contributed by atoms with Crippen LogP contribution in [0, 0.1) is 5.92 Å². The van der Waals surface area contributed by atoms with E-state index in [4.69, 9.17) is 0 Å². The number of carbonyl (C=O) groups is 1. The van der Waals surface area contributed by atoms with Crippen LogP contribution in [0.25, 0.3) is 0 Å². The van der Waals surface area contributed by atoms with Crippen molar-refractivity contribution in [2.75, 3.05) is 13.1 Å². The number of amides is 1. The van der Waals surface area contributed by atoms with Crippen LogP contribution in [0.2, 0.25) is 0 Å². The molecule has 116 valence electrons. The Morgan fingerprint density at radius 1 is 1.33 bits per heavy atom. The van der Waals surface area contributed by atoms with Crippen LogP contribution in [-0.2, 0) is 11.3 Å². The Kier molecular flexibility index (Phi) is 4.88. The second-order valence-corrected chi connectivity index (χ2v) is 5.43. The average Bonchev–Trinajstić information content (AvgIpc) is 2.83. The number of alkyl halides is 3. The first-order valence-corrected chi connectivity index (χ1v) is 6.99. The summed E-state index contributed by atoms with van der Waals surface area (Å²) < 4.78 is 38.2. The van der Waals surface area contributed by atoms with Gasteiger partial charge < -0.3 is 10.2 Å². The number of benzene rings is 1. The van der Waals surface area contributed by atoms with Crippen molar-refractivity contribution < 1.29 is 18.0 Å². The highest BCUT2D eigenvalue weighted by atomic mass is 19.4. The van der Waals surface area contributed by atoms with Crippen LogP contribution in [0.4, 0.5) is 13.2 Å². The molecule has 0 spiro atoms. The highest BCUT2D eigenvalue weighted by Gasteiger charge is 2.38. The predicted octanol–water partition coefficient (Wildman–Crippen LogP) is 2.58. The molecule has 0 saturated carbocycles. The number of halogens is 3. The van der Waals surface area contributed by atoms with E-state index in [0.717, 1.165) is 4.90 Å². The Labute approximate surface area is 122 Å². The van der Waals surface area contributed by atoms with E-state index in [1.54, 1.807) is 30.3 Å². The largest absolute Gasteiger partial charge is 0.406 e. The Morgan fingerprint density at radius 2 is 2.00 bits per heavy atom. The van der Waals surface area contributed by atoms with E-state index in [1.807, 2.05) is 6.92 Å². The highest BCUT2D eigenvalue weighted by Crippen LogP contribution is 2.23. The molecule has 1 fully saturated rings. The predicted molar refractivity (Wildman–Crippen MR) is 73.5 cm³/mol. The lowest BCUT2D eigenvalue weighted by atomic mass is 10.00. The van der Waals surface area contributed by atoms with Crippen LogP contribution < -0.4 is 5.32 Å². The fourth-order valence-electron chi connectivity index (χ4n) is 2.66. The summed E-state index contributed by atoms with van der Waals surface area (Å²) in [5.74, 6) is -0.801. The van der Waals surface area contributed by atoms with Gasteiger partial charge in [-0.3, -0.25) is 4.79 Å². The molecule has 1 heterocycles. The number of rotatable bonds is 4. The Hall–Kier alpha value is -1.56. The van der Waals surface area contributed by atoms with Gasteiger partial charge in [-0.2, -0.15) is 13.2 Å². The lowest BCUT2D eigenvalue weighted by Gasteiger charge is -2.28. The zero-order valence-corrected chi connectivity index (χ0v) is 11.9. The smallest absolute Gasteiger partial charge is 0.329 e. The van der Waals surface area contributed by atoms with Gasteiger partial charge in [0.2, 0.25) is 5.91 Å². The summed E-state index contributed by atoms with van der Waals surface area (Å²) in [6, 6.07) is 8.68. The van der Waals surface area contributed by atoms with Gasteiger partial charge >= 0.3 is 6.18 Å². The van der Waals surface area contributed by atoms with Crippen molar-refractivity contribution in [3.63, 3.8) is 0 Å². The number of hydrogen-bond acceptors (Lipinski definition) is 2. The summed E-state index contributed by atoms with van der Waals surface area (Å²) in [4.78, 5) is 13.3. The number of nitrogens with one attached hydrogen (secondary N) is 1. The van der Waals surface area contributed by atoms with Crippen LogP contribution in [0.15, 0.2) is 30.3 Å². The standard InChI is InChI=1S/C15H19F3N2O/c1-11-13(7-8-19-11)14(21)20(10-15(16,17)18)9-12-5-3-2-4-6-12/h2-6,11,13,19H,7-10H2,1H3. The second-order valence-electron chi connectivity index (χ2n) is 5.43. The van der Waals surface area contributed by atoms with E-state index in [-0.39, 0.29) is 18.5 Å². The molecule has 1 amide bonds. The monoisotopic (exact) mass is 300 g/mol. The molecule has 6 heteroatoms. The van der Waals surface area contributed by atoms with E-state index in [0.29, 0.717) is 18.5 Å². The SMILES string of the molecule is CC1NCCC1C(=O)N(Cc1ccccc1)CC(F)(F)F. The minimum atomic E-state index is -4.39. The van der Waals surface area contributed by atoms with Crippen molar-refractivity contribution in [1.29, 1.82) is 0 Å². The van der Waals surface area contributed by atoms with E-state index in [9.17, 15) is 18.0 Å². The maximum atomic E-state index is 12.7. The zero-order valence-electron chi connectivity index (χ0n) is 11.9. The molecule has 3 nitrogen and oxygen atoms in total. The molecule has 1 N–H and O–H groups in total. The van der Waals surface area contributed by atoms with Gasteiger partial charge in [0.1, 0.15) is 6.54 Å². The van der Waals surface area contributed by atoms with Gasteiger partial charge in [-0.15, -0.1) is 0 Å². The van der Waals surface area contributed by atoms with Crippen molar-refractivity contribution in [1.82, 2.24) is 10.2 Å². The Bertz CT molecular complexity index is 476. The first-order chi connectivity index (χ1) is 9.87. The van der Waals surface area contributed by atoms with Crippen LogP contribution >= 0.6 is 0 Å². The van der Waals surface area contributed by atoms with Crippen molar-refractivity contribution in [3.8, 4) is 0 Å². The maximum absolute atomic E-state index is 12.7. The topological polar surface area (TPSA) is 32.3 Å². The highest BCUT2D eigenvalue weighted by molar-refractivity contribution is 5.80. The van der Waals surface area contributed by atoms with Gasteiger partial charge in [-0.05, 0) is 25.5 Å². The van der Waals surface area contributed by atoms with Crippen LogP contribution in [0.5, 0.6) is 0 Å². The van der Waals surface area contributed by atoms with Crippen molar-refractivity contribution in [3.05, 3.63) is 35.9 Å². The molecule has 1 saturated heterocycles. The van der Waals surface area contributed by atoms with Gasteiger partial charge in [0.15, 0.2) is 0 Å². The van der Waals surface area contributed by atoms with Gasteiger partial charge in [0.05, 0.1) is 5.92 Å². The van der Waals surface area contributed by atoms with E-state index < -0.39 is 18.6 Å². The Morgan fingerprint density at radius 3 is 2.52 bits per heavy atom. The lowest BCUT2D eigenvalue weighted by Crippen LogP contribution is -2.44. The molecule has 2 atom stereocenters. The average molecular weight is 300 g/mol. The molecule has 0 aromatic heterocycles. The molecular formula is C15H19F3N2O. The summed E-state index contributed by atoms with van der Waals surface area (Å²) in [7, 11) is 0. The van der Waals surface area contributed by atoms with E-state index in [1.165, 1.54) is 0 Å². The van der Waals surface area contributed by atoms with Crippen LogP contribution in [0.3, 0.4) is 0 Å². The van der Waals surface area contributed by atoms with Gasteiger partial charge in [0.25, 0.3) is 0 Å². The maximum Gasteiger partial charge on any atom is 0.406 e. The summed E-state index contributed by atoms with van der Waals surface area (Å²) >= 11 is 0. The number of carbonyl (C=O) groups excluding carboxylic acids is 1. The first kappa shape index (κ1) is 15.8. The van der Waals surface area contributed by atoms with E-state index in [2.05, 4.69) is 5.32 Å². The van der Waals surface area contributed by atoms with Gasteiger partial charge in [0, 0.05) is 12.6 Å². The number of nitrogens with zero attached hydrogens (tertiary/aromatic N) is 1. The second kappa shape index (κ2) is 6.47. The fraction of sp³-hybridized carbons (Fsp3) is 0.533.